The molecule has 13 heteroatoms. The quantitative estimate of drug-likeness (QED) is 0.0376. The van der Waals surface area contributed by atoms with Gasteiger partial charge in [-0.1, -0.05) is 129 Å². The van der Waals surface area contributed by atoms with E-state index in [1.807, 2.05) is 0 Å². The molecule has 0 aliphatic carbocycles. The fraction of sp³-hybridized carbons (Fsp3) is 0.971. The minimum atomic E-state index is -5.09. The molecule has 1 fully saturated rings. The Morgan fingerprint density at radius 2 is 1.21 bits per heavy atom. The lowest BCUT2D eigenvalue weighted by atomic mass is 9.96. The molecule has 280 valence electrons. The van der Waals surface area contributed by atoms with Gasteiger partial charge in [-0.2, -0.15) is 0 Å². The molecule has 0 aromatic rings. The average molecular weight is 698 g/mol. The van der Waals surface area contributed by atoms with Gasteiger partial charge in [0.2, 0.25) is 5.91 Å². The number of aliphatic hydroxyl groups is 4. The summed E-state index contributed by atoms with van der Waals surface area (Å²) in [7, 11) is -5.09. The van der Waals surface area contributed by atoms with Crippen LogP contribution in [0.3, 0.4) is 0 Å². The van der Waals surface area contributed by atoms with Gasteiger partial charge in [-0.25, -0.2) is 4.57 Å². The van der Waals surface area contributed by atoms with Crippen molar-refractivity contribution < 1.29 is 53.6 Å². The standard InChI is InChI=1S/C34H68NO11P/c1-3-5-7-9-11-13-15-17-19-21-27(37)23-24-44-33-31(34(40)45-29(26-36)32(33)46-47(41,42)43)35-30(39)25-28(38)22-20-18-16-14-12-10-8-6-4-2/h27-29,31-34,36-38,40H,3-26H2,1-2H3,(H,35,39)(H2,41,42,43). The molecular weight excluding hydrogens is 629 g/mol. The Balaban J connectivity index is 2.61. The first-order valence-electron chi connectivity index (χ1n) is 18.5. The summed E-state index contributed by atoms with van der Waals surface area (Å²) in [5.41, 5.74) is 0. The molecule has 12 nitrogen and oxygen atoms in total. The summed E-state index contributed by atoms with van der Waals surface area (Å²) in [5.74, 6) is -0.600. The molecule has 7 unspecified atom stereocenters. The van der Waals surface area contributed by atoms with E-state index in [9.17, 15) is 39.6 Å². The van der Waals surface area contributed by atoms with Gasteiger partial charge in [0.05, 0.1) is 25.2 Å². The van der Waals surface area contributed by atoms with Crippen molar-refractivity contribution in [2.45, 2.75) is 198 Å². The Morgan fingerprint density at radius 3 is 1.68 bits per heavy atom. The number of hydrogen-bond acceptors (Lipinski definition) is 9. The van der Waals surface area contributed by atoms with E-state index in [2.05, 4.69) is 19.2 Å². The molecule has 7 atom stereocenters. The SMILES string of the molecule is CCCCCCCCCCCC(O)CCOC1C(NC(=O)CC(O)CCCCCCCCCCC)C(O)OC(CO)C1OP(=O)(O)O. The second kappa shape index (κ2) is 27.1. The molecule has 0 radical (unpaired) electrons. The molecule has 0 bridgehead atoms. The molecule has 1 heterocycles. The third-order valence-corrected chi connectivity index (χ3v) is 9.41. The average Bonchev–Trinajstić information content (AvgIpc) is 3.01. The Bertz CT molecular complexity index is 817. The molecule has 47 heavy (non-hydrogen) atoms. The highest BCUT2D eigenvalue weighted by molar-refractivity contribution is 7.46. The van der Waals surface area contributed by atoms with E-state index in [-0.39, 0.29) is 19.4 Å². The molecule has 1 amide bonds. The first kappa shape index (κ1) is 44.4. The van der Waals surface area contributed by atoms with Crippen molar-refractivity contribution in [1.29, 1.82) is 0 Å². The molecule has 1 saturated heterocycles. The highest BCUT2D eigenvalue weighted by atomic mass is 31.2. The number of amides is 1. The fourth-order valence-electron chi connectivity index (χ4n) is 6.13. The number of unbranched alkanes of at least 4 members (excludes halogenated alkanes) is 16. The maximum Gasteiger partial charge on any atom is 0.470 e. The number of aliphatic hydroxyl groups excluding tert-OH is 4. The number of phosphoric acid groups is 1. The van der Waals surface area contributed by atoms with Crippen LogP contribution >= 0.6 is 7.82 Å². The van der Waals surface area contributed by atoms with Gasteiger partial charge in [-0.3, -0.25) is 9.32 Å². The van der Waals surface area contributed by atoms with E-state index < -0.39 is 63.2 Å². The zero-order chi connectivity index (χ0) is 34.9. The second-order valence-corrected chi connectivity index (χ2v) is 14.5. The number of rotatable bonds is 30. The van der Waals surface area contributed by atoms with Crippen molar-refractivity contribution in [3.05, 3.63) is 0 Å². The maximum atomic E-state index is 12.9. The first-order valence-corrected chi connectivity index (χ1v) is 20.0. The van der Waals surface area contributed by atoms with Gasteiger partial charge < -0.3 is 45.0 Å². The number of ether oxygens (including phenoxy) is 2. The van der Waals surface area contributed by atoms with Crippen molar-refractivity contribution in [1.82, 2.24) is 5.32 Å². The fourth-order valence-corrected chi connectivity index (χ4v) is 6.70. The van der Waals surface area contributed by atoms with Gasteiger partial charge in [-0.15, -0.1) is 0 Å². The normalized spacial score (nSPS) is 23.1. The smallest absolute Gasteiger partial charge is 0.394 e. The Kier molecular flexibility index (Phi) is 25.6. The van der Waals surface area contributed by atoms with Crippen LogP contribution in [0.15, 0.2) is 0 Å². The molecule has 0 saturated carbocycles. The van der Waals surface area contributed by atoms with Crippen molar-refractivity contribution >= 4 is 13.7 Å². The Morgan fingerprint density at radius 1 is 0.745 bits per heavy atom. The highest BCUT2D eigenvalue weighted by Crippen LogP contribution is 2.42. The van der Waals surface area contributed by atoms with Crippen LogP contribution < -0.4 is 5.32 Å². The summed E-state index contributed by atoms with van der Waals surface area (Å²) in [6.07, 6.45) is 14.2. The second-order valence-electron chi connectivity index (χ2n) is 13.3. The first-order chi connectivity index (χ1) is 22.5. The van der Waals surface area contributed by atoms with Crippen molar-refractivity contribution in [2.24, 2.45) is 0 Å². The van der Waals surface area contributed by atoms with Crippen LogP contribution in [0.2, 0.25) is 0 Å². The summed E-state index contributed by atoms with van der Waals surface area (Å²) in [4.78, 5) is 32.0. The van der Waals surface area contributed by atoms with Gasteiger partial charge in [0.1, 0.15) is 24.4 Å². The number of phosphoric ester groups is 1. The van der Waals surface area contributed by atoms with Gasteiger partial charge in [0.25, 0.3) is 0 Å². The zero-order valence-electron chi connectivity index (χ0n) is 29.2. The van der Waals surface area contributed by atoms with Crippen LogP contribution in [0.5, 0.6) is 0 Å². The van der Waals surface area contributed by atoms with Gasteiger partial charge >= 0.3 is 7.82 Å². The van der Waals surface area contributed by atoms with Gasteiger partial charge in [0.15, 0.2) is 6.29 Å². The van der Waals surface area contributed by atoms with E-state index in [1.54, 1.807) is 0 Å². The van der Waals surface area contributed by atoms with Crippen molar-refractivity contribution in [3.8, 4) is 0 Å². The van der Waals surface area contributed by atoms with E-state index in [1.165, 1.54) is 70.6 Å². The van der Waals surface area contributed by atoms with E-state index >= 15 is 0 Å². The largest absolute Gasteiger partial charge is 0.470 e. The van der Waals surface area contributed by atoms with Crippen LogP contribution in [-0.2, 0) is 23.4 Å². The predicted octanol–water partition coefficient (Wildman–Crippen LogP) is 5.39. The maximum absolute atomic E-state index is 12.9. The molecule has 7 N–H and O–H groups in total. The van der Waals surface area contributed by atoms with E-state index in [0.717, 1.165) is 44.9 Å². The van der Waals surface area contributed by atoms with Crippen LogP contribution in [0.4, 0.5) is 0 Å². The number of carbonyl (C=O) groups is 1. The minimum Gasteiger partial charge on any atom is -0.394 e. The lowest BCUT2D eigenvalue weighted by Crippen LogP contribution is -2.65. The van der Waals surface area contributed by atoms with Crippen molar-refractivity contribution in [2.75, 3.05) is 13.2 Å². The van der Waals surface area contributed by atoms with E-state index in [0.29, 0.717) is 12.8 Å². The van der Waals surface area contributed by atoms with Crippen LogP contribution in [0.25, 0.3) is 0 Å². The Labute approximate surface area is 283 Å². The van der Waals surface area contributed by atoms with Gasteiger partial charge in [0, 0.05) is 6.61 Å². The molecule has 1 aliphatic heterocycles. The zero-order valence-corrected chi connectivity index (χ0v) is 30.1. The summed E-state index contributed by atoms with van der Waals surface area (Å²) in [6.45, 7) is 3.61. The third kappa shape index (κ3) is 21.9. The monoisotopic (exact) mass is 697 g/mol. The van der Waals surface area contributed by atoms with Crippen LogP contribution in [0.1, 0.15) is 155 Å². The van der Waals surface area contributed by atoms with Crippen LogP contribution in [0, 0.1) is 0 Å². The number of hydrogen-bond donors (Lipinski definition) is 7. The molecular formula is C34H68NO11P. The number of carbonyl (C=O) groups excluding carboxylic acids is 1. The summed E-state index contributed by atoms with van der Waals surface area (Å²) >= 11 is 0. The van der Waals surface area contributed by atoms with E-state index in [4.69, 9.17) is 14.0 Å². The summed E-state index contributed by atoms with van der Waals surface area (Å²) in [6, 6.07) is -1.31. The molecule has 1 rings (SSSR count). The predicted molar refractivity (Wildman–Crippen MR) is 181 cm³/mol. The molecule has 0 aromatic carbocycles. The third-order valence-electron chi connectivity index (χ3n) is 8.90. The molecule has 1 aliphatic rings. The summed E-state index contributed by atoms with van der Waals surface area (Å²) < 4.78 is 28.0. The Hall–Kier alpha value is -0.660. The number of nitrogens with one attached hydrogen (secondary N) is 1. The topological polar surface area (TPSA) is 195 Å². The van der Waals surface area contributed by atoms with Crippen LogP contribution in [-0.4, -0.2) is 92.2 Å². The minimum absolute atomic E-state index is 0.0528. The van der Waals surface area contributed by atoms with Gasteiger partial charge in [-0.05, 0) is 19.3 Å². The summed E-state index contributed by atoms with van der Waals surface area (Å²) in [5, 5.41) is 44.0. The molecule has 0 aromatic heterocycles. The lowest BCUT2D eigenvalue weighted by Gasteiger charge is -2.44. The van der Waals surface area contributed by atoms with Crippen molar-refractivity contribution in [3.63, 3.8) is 0 Å². The molecule has 0 spiro atoms. The highest BCUT2D eigenvalue weighted by Gasteiger charge is 2.49. The lowest BCUT2D eigenvalue weighted by molar-refractivity contribution is -0.259.